The lowest BCUT2D eigenvalue weighted by molar-refractivity contribution is -0.0306. The fourth-order valence-corrected chi connectivity index (χ4v) is 3.77. The maximum atomic E-state index is 6.13. The number of hydrogen-bond acceptors (Lipinski definition) is 2. The summed E-state index contributed by atoms with van der Waals surface area (Å²) in [4.78, 5) is 2.60. The highest BCUT2D eigenvalue weighted by atomic mass is 16.5. The molecular weight excluding hydrogens is 306 g/mol. The summed E-state index contributed by atoms with van der Waals surface area (Å²) in [6.45, 7) is 7.26. The summed E-state index contributed by atoms with van der Waals surface area (Å²) in [7, 11) is 0. The molecule has 1 aliphatic rings. The van der Waals surface area contributed by atoms with Gasteiger partial charge in [-0.15, -0.1) is 0 Å². The molecule has 2 heteroatoms. The molecule has 2 atom stereocenters. The number of hydrogen-bond donors (Lipinski definition) is 0. The molecule has 0 N–H and O–H groups in total. The predicted octanol–water partition coefficient (Wildman–Crippen LogP) is 5.06. The first kappa shape index (κ1) is 17.9. The van der Waals surface area contributed by atoms with E-state index in [0.717, 1.165) is 26.1 Å². The van der Waals surface area contributed by atoms with Crippen molar-refractivity contribution in [3.63, 3.8) is 0 Å². The van der Waals surface area contributed by atoms with Crippen LogP contribution in [0.4, 0.5) is 0 Å². The molecule has 3 rings (SSSR count). The first-order valence-electron chi connectivity index (χ1n) is 9.32. The third-order valence-corrected chi connectivity index (χ3v) is 4.88. The third-order valence-electron chi connectivity index (χ3n) is 4.88. The minimum absolute atomic E-state index is 0.262. The summed E-state index contributed by atoms with van der Waals surface area (Å²) < 4.78 is 6.13. The van der Waals surface area contributed by atoms with Crippen molar-refractivity contribution in [2.45, 2.75) is 45.5 Å². The molecule has 0 bridgehead atoms. The van der Waals surface area contributed by atoms with Crippen molar-refractivity contribution in [3.8, 4) is 0 Å². The van der Waals surface area contributed by atoms with Crippen molar-refractivity contribution >= 4 is 0 Å². The standard InChI is InChI=1S/C23H29NO/c1-19(2)23(22-15-9-10-16-25-22)24(17-20-11-5-3-6-12-20)18-21-13-7-4-8-14-21/h3-14,19,22-23H,15-18H2,1-2H3/t22?,23-/m0/s1. The van der Waals surface area contributed by atoms with Crippen LogP contribution in [0.3, 0.4) is 0 Å². The molecule has 2 aromatic carbocycles. The summed E-state index contributed by atoms with van der Waals surface area (Å²) in [6, 6.07) is 21.9. The van der Waals surface area contributed by atoms with E-state index in [1.54, 1.807) is 0 Å². The fraction of sp³-hybridized carbons (Fsp3) is 0.391. The predicted molar refractivity (Wildman–Crippen MR) is 104 cm³/mol. The van der Waals surface area contributed by atoms with E-state index in [1.807, 2.05) is 0 Å². The van der Waals surface area contributed by atoms with Crippen molar-refractivity contribution in [2.75, 3.05) is 6.61 Å². The highest BCUT2D eigenvalue weighted by molar-refractivity contribution is 5.18. The van der Waals surface area contributed by atoms with Gasteiger partial charge in [0.1, 0.15) is 0 Å². The van der Waals surface area contributed by atoms with Crippen molar-refractivity contribution in [1.82, 2.24) is 4.90 Å². The molecule has 0 saturated carbocycles. The van der Waals surface area contributed by atoms with Crippen LogP contribution in [-0.2, 0) is 17.8 Å². The van der Waals surface area contributed by atoms with Gasteiger partial charge in [0.2, 0.25) is 0 Å². The van der Waals surface area contributed by atoms with Gasteiger partial charge >= 0.3 is 0 Å². The number of nitrogens with zero attached hydrogens (tertiary/aromatic N) is 1. The van der Waals surface area contributed by atoms with Crippen molar-refractivity contribution in [2.24, 2.45) is 5.92 Å². The molecular formula is C23H29NO. The van der Waals surface area contributed by atoms with Gasteiger partial charge < -0.3 is 4.74 Å². The zero-order valence-corrected chi connectivity index (χ0v) is 15.3. The molecule has 0 saturated heterocycles. The SMILES string of the molecule is CC(C)[C@@H](C1CC=CCO1)N(Cc1ccccc1)Cc1ccccc1. The van der Waals surface area contributed by atoms with Crippen LogP contribution in [0.1, 0.15) is 31.4 Å². The van der Waals surface area contributed by atoms with Gasteiger partial charge in [0.15, 0.2) is 0 Å². The number of rotatable bonds is 7. The Morgan fingerprint density at radius 2 is 1.44 bits per heavy atom. The molecule has 0 amide bonds. The molecule has 2 aromatic rings. The molecule has 0 fully saturated rings. The van der Waals surface area contributed by atoms with Gasteiger partial charge in [0.25, 0.3) is 0 Å². The fourth-order valence-electron chi connectivity index (χ4n) is 3.77. The van der Waals surface area contributed by atoms with Gasteiger partial charge in [0.05, 0.1) is 12.7 Å². The smallest absolute Gasteiger partial charge is 0.0771 e. The summed E-state index contributed by atoms with van der Waals surface area (Å²) >= 11 is 0. The quantitative estimate of drug-likeness (QED) is 0.656. The number of ether oxygens (including phenoxy) is 1. The summed E-state index contributed by atoms with van der Waals surface area (Å²) in [5.41, 5.74) is 2.71. The summed E-state index contributed by atoms with van der Waals surface area (Å²) in [5.74, 6) is 0.531. The second-order valence-corrected chi connectivity index (χ2v) is 7.19. The van der Waals surface area contributed by atoms with Gasteiger partial charge in [-0.2, -0.15) is 0 Å². The molecule has 0 aliphatic carbocycles. The molecule has 1 heterocycles. The third kappa shape index (κ3) is 5.04. The van der Waals surface area contributed by atoms with E-state index in [9.17, 15) is 0 Å². The van der Waals surface area contributed by atoms with Gasteiger partial charge in [-0.3, -0.25) is 4.90 Å². The Balaban J connectivity index is 1.85. The van der Waals surface area contributed by atoms with E-state index in [-0.39, 0.29) is 6.10 Å². The Morgan fingerprint density at radius 3 is 1.88 bits per heavy atom. The highest BCUT2D eigenvalue weighted by Gasteiger charge is 2.31. The first-order chi connectivity index (χ1) is 12.2. The molecule has 0 aromatic heterocycles. The van der Waals surface area contributed by atoms with E-state index >= 15 is 0 Å². The van der Waals surface area contributed by atoms with E-state index in [4.69, 9.17) is 4.74 Å². The van der Waals surface area contributed by atoms with Crippen LogP contribution in [0.15, 0.2) is 72.8 Å². The van der Waals surface area contributed by atoms with Crippen LogP contribution in [-0.4, -0.2) is 23.7 Å². The average Bonchev–Trinajstić information content (AvgIpc) is 2.64. The lowest BCUT2D eigenvalue weighted by Crippen LogP contribution is -2.48. The first-order valence-corrected chi connectivity index (χ1v) is 9.32. The Kier molecular flexibility index (Phi) is 6.43. The molecule has 0 spiro atoms. The molecule has 2 nitrogen and oxygen atoms in total. The lowest BCUT2D eigenvalue weighted by Gasteiger charge is -2.40. The Hall–Kier alpha value is -1.90. The Morgan fingerprint density at radius 1 is 0.880 bits per heavy atom. The lowest BCUT2D eigenvalue weighted by atomic mass is 9.92. The minimum atomic E-state index is 0.262. The van der Waals surface area contributed by atoms with Gasteiger partial charge in [-0.25, -0.2) is 0 Å². The maximum absolute atomic E-state index is 6.13. The monoisotopic (exact) mass is 335 g/mol. The van der Waals surface area contributed by atoms with Crippen LogP contribution >= 0.6 is 0 Å². The molecule has 1 aliphatic heterocycles. The zero-order valence-electron chi connectivity index (χ0n) is 15.3. The van der Waals surface area contributed by atoms with E-state index in [2.05, 4.69) is 91.6 Å². The van der Waals surface area contributed by atoms with Crippen LogP contribution in [0, 0.1) is 5.92 Å². The summed E-state index contributed by atoms with van der Waals surface area (Å²) in [5, 5.41) is 0. The van der Waals surface area contributed by atoms with Crippen molar-refractivity contribution < 1.29 is 4.74 Å². The molecule has 132 valence electrons. The van der Waals surface area contributed by atoms with Crippen LogP contribution in [0.25, 0.3) is 0 Å². The maximum Gasteiger partial charge on any atom is 0.0771 e. The highest BCUT2D eigenvalue weighted by Crippen LogP contribution is 2.26. The van der Waals surface area contributed by atoms with Crippen LogP contribution < -0.4 is 0 Å². The van der Waals surface area contributed by atoms with Gasteiger partial charge in [0, 0.05) is 19.1 Å². The average molecular weight is 335 g/mol. The Labute approximate surface area is 152 Å². The van der Waals surface area contributed by atoms with Crippen LogP contribution in [0.5, 0.6) is 0 Å². The normalized spacial score (nSPS) is 18.6. The summed E-state index contributed by atoms with van der Waals surface area (Å²) in [6.07, 6.45) is 5.67. The largest absolute Gasteiger partial charge is 0.372 e. The van der Waals surface area contributed by atoms with Crippen molar-refractivity contribution in [3.05, 3.63) is 83.9 Å². The topological polar surface area (TPSA) is 12.5 Å². The van der Waals surface area contributed by atoms with Gasteiger partial charge in [-0.05, 0) is 23.5 Å². The van der Waals surface area contributed by atoms with Crippen molar-refractivity contribution in [1.29, 1.82) is 0 Å². The molecule has 1 unspecified atom stereocenters. The second-order valence-electron chi connectivity index (χ2n) is 7.19. The van der Waals surface area contributed by atoms with Gasteiger partial charge in [-0.1, -0.05) is 86.7 Å². The van der Waals surface area contributed by atoms with E-state index in [1.165, 1.54) is 11.1 Å². The van der Waals surface area contributed by atoms with Crippen LogP contribution in [0.2, 0.25) is 0 Å². The zero-order chi connectivity index (χ0) is 17.5. The Bertz CT molecular complexity index is 609. The molecule has 25 heavy (non-hydrogen) atoms. The second kappa shape index (κ2) is 8.98. The minimum Gasteiger partial charge on any atom is -0.372 e. The number of benzene rings is 2. The van der Waals surface area contributed by atoms with E-state index < -0.39 is 0 Å². The molecule has 0 radical (unpaired) electrons. The van der Waals surface area contributed by atoms with E-state index in [0.29, 0.717) is 12.0 Å².